The molecule has 1 aromatic carbocycles. The molecule has 0 aromatic heterocycles. The Bertz CT molecular complexity index is 632. The molecule has 4 unspecified atom stereocenters. The first kappa shape index (κ1) is 19.9. The quantitative estimate of drug-likeness (QED) is 0.712. The van der Waals surface area contributed by atoms with Crippen molar-refractivity contribution in [3.05, 3.63) is 35.9 Å². The Balaban J connectivity index is 1.64. The van der Waals surface area contributed by atoms with Gasteiger partial charge < -0.3 is 9.47 Å². The molecule has 1 aliphatic heterocycles. The number of fused-ring (bicyclic) bond motifs is 1. The van der Waals surface area contributed by atoms with Gasteiger partial charge in [0.1, 0.15) is 6.10 Å². The average molecular weight is 373 g/mol. The molecule has 4 atom stereocenters. The molecule has 3 rings (SSSR count). The molecule has 1 aliphatic carbocycles. The Morgan fingerprint density at radius 3 is 2.59 bits per heavy atom. The highest BCUT2D eigenvalue weighted by molar-refractivity contribution is 5.89. The fraction of sp³-hybridized carbons (Fsp3) is 0.636. The van der Waals surface area contributed by atoms with E-state index in [9.17, 15) is 9.59 Å². The fourth-order valence-electron chi connectivity index (χ4n) is 4.67. The van der Waals surface area contributed by atoms with Gasteiger partial charge in [0, 0.05) is 12.6 Å². The third kappa shape index (κ3) is 4.89. The summed E-state index contributed by atoms with van der Waals surface area (Å²) in [4.78, 5) is 27.2. The number of hydrogen-bond acceptors (Lipinski definition) is 5. The topological polar surface area (TPSA) is 55.8 Å². The summed E-state index contributed by atoms with van der Waals surface area (Å²) >= 11 is 0. The molecule has 5 nitrogen and oxygen atoms in total. The van der Waals surface area contributed by atoms with Crippen molar-refractivity contribution < 1.29 is 19.1 Å². The number of rotatable bonds is 6. The SMILES string of the molecule is CCCN1CC(C(=O)OCC)CC2CC(OC(=O)c3ccccc3)CCC21. The zero-order valence-corrected chi connectivity index (χ0v) is 16.4. The normalized spacial score (nSPS) is 28.2. The van der Waals surface area contributed by atoms with E-state index >= 15 is 0 Å². The van der Waals surface area contributed by atoms with Crippen LogP contribution in [0.4, 0.5) is 0 Å². The molecule has 27 heavy (non-hydrogen) atoms. The number of carbonyl (C=O) groups is 2. The second-order valence-electron chi connectivity index (χ2n) is 7.71. The number of esters is 2. The second-order valence-corrected chi connectivity index (χ2v) is 7.71. The highest BCUT2D eigenvalue weighted by atomic mass is 16.5. The number of likely N-dealkylation sites (tertiary alicyclic amines) is 1. The van der Waals surface area contributed by atoms with Crippen molar-refractivity contribution in [3.8, 4) is 0 Å². The number of benzene rings is 1. The van der Waals surface area contributed by atoms with E-state index in [2.05, 4.69) is 11.8 Å². The van der Waals surface area contributed by atoms with Gasteiger partial charge in [-0.1, -0.05) is 25.1 Å². The minimum absolute atomic E-state index is 0.0663. The maximum absolute atomic E-state index is 12.4. The third-order valence-electron chi connectivity index (χ3n) is 5.82. The largest absolute Gasteiger partial charge is 0.466 e. The lowest BCUT2D eigenvalue weighted by atomic mass is 9.73. The van der Waals surface area contributed by atoms with Gasteiger partial charge in [-0.3, -0.25) is 9.69 Å². The van der Waals surface area contributed by atoms with Crippen LogP contribution < -0.4 is 0 Å². The number of carbonyl (C=O) groups excluding carboxylic acids is 2. The van der Waals surface area contributed by atoms with E-state index in [0.29, 0.717) is 24.1 Å². The Hall–Kier alpha value is -1.88. The molecular weight excluding hydrogens is 342 g/mol. The fourth-order valence-corrected chi connectivity index (χ4v) is 4.67. The maximum Gasteiger partial charge on any atom is 0.338 e. The summed E-state index contributed by atoms with van der Waals surface area (Å²) in [6.45, 7) is 6.26. The Labute approximate surface area is 162 Å². The minimum atomic E-state index is -0.248. The van der Waals surface area contributed by atoms with E-state index in [1.807, 2.05) is 25.1 Å². The molecule has 0 N–H and O–H groups in total. The molecule has 2 aliphatic rings. The van der Waals surface area contributed by atoms with Crippen LogP contribution in [0.25, 0.3) is 0 Å². The lowest BCUT2D eigenvalue weighted by Gasteiger charge is -2.48. The van der Waals surface area contributed by atoms with Crippen molar-refractivity contribution in [3.63, 3.8) is 0 Å². The monoisotopic (exact) mass is 373 g/mol. The molecule has 1 aromatic rings. The first-order chi connectivity index (χ1) is 13.1. The van der Waals surface area contributed by atoms with Crippen molar-refractivity contribution in [2.75, 3.05) is 19.7 Å². The van der Waals surface area contributed by atoms with Crippen LogP contribution in [-0.2, 0) is 14.3 Å². The minimum Gasteiger partial charge on any atom is -0.466 e. The van der Waals surface area contributed by atoms with E-state index in [4.69, 9.17) is 9.47 Å². The zero-order chi connectivity index (χ0) is 19.2. The molecule has 148 valence electrons. The lowest BCUT2D eigenvalue weighted by Crippen LogP contribution is -2.53. The summed E-state index contributed by atoms with van der Waals surface area (Å²) in [5.74, 6) is -0.0222. The van der Waals surface area contributed by atoms with Crippen LogP contribution in [0.5, 0.6) is 0 Å². The van der Waals surface area contributed by atoms with Gasteiger partial charge in [-0.05, 0) is 63.6 Å². The second kappa shape index (κ2) is 9.36. The number of piperidine rings is 1. The van der Waals surface area contributed by atoms with Crippen LogP contribution in [0.1, 0.15) is 56.3 Å². The van der Waals surface area contributed by atoms with E-state index in [-0.39, 0.29) is 24.0 Å². The van der Waals surface area contributed by atoms with Gasteiger partial charge in [0.15, 0.2) is 0 Å². The average Bonchev–Trinajstić information content (AvgIpc) is 2.68. The summed E-state index contributed by atoms with van der Waals surface area (Å²) in [6.07, 6.45) is 4.59. The van der Waals surface area contributed by atoms with Gasteiger partial charge in [0.25, 0.3) is 0 Å². The Morgan fingerprint density at radius 2 is 1.89 bits per heavy atom. The zero-order valence-electron chi connectivity index (χ0n) is 16.4. The van der Waals surface area contributed by atoms with Crippen molar-refractivity contribution in [2.24, 2.45) is 11.8 Å². The summed E-state index contributed by atoms with van der Waals surface area (Å²) < 4.78 is 11.1. The molecule has 5 heteroatoms. The van der Waals surface area contributed by atoms with Crippen molar-refractivity contribution in [1.82, 2.24) is 4.90 Å². The highest BCUT2D eigenvalue weighted by Gasteiger charge is 2.43. The molecule has 2 fully saturated rings. The summed E-state index contributed by atoms with van der Waals surface area (Å²) in [5, 5.41) is 0. The van der Waals surface area contributed by atoms with Crippen molar-refractivity contribution >= 4 is 11.9 Å². The molecule has 0 spiro atoms. The van der Waals surface area contributed by atoms with E-state index in [1.54, 1.807) is 12.1 Å². The van der Waals surface area contributed by atoms with Crippen LogP contribution in [-0.4, -0.2) is 48.7 Å². The van der Waals surface area contributed by atoms with Gasteiger partial charge >= 0.3 is 11.9 Å². The van der Waals surface area contributed by atoms with Crippen LogP contribution in [0, 0.1) is 11.8 Å². The maximum atomic E-state index is 12.4. The van der Waals surface area contributed by atoms with Crippen LogP contribution in [0.15, 0.2) is 30.3 Å². The first-order valence-electron chi connectivity index (χ1n) is 10.3. The number of ether oxygens (including phenoxy) is 2. The Morgan fingerprint density at radius 1 is 1.11 bits per heavy atom. The number of nitrogens with zero attached hydrogens (tertiary/aromatic N) is 1. The van der Waals surface area contributed by atoms with E-state index < -0.39 is 0 Å². The molecule has 0 bridgehead atoms. The van der Waals surface area contributed by atoms with Gasteiger partial charge in [0.05, 0.1) is 18.1 Å². The summed E-state index contributed by atoms with van der Waals surface area (Å²) in [7, 11) is 0. The van der Waals surface area contributed by atoms with Gasteiger partial charge in [-0.2, -0.15) is 0 Å². The third-order valence-corrected chi connectivity index (χ3v) is 5.82. The first-order valence-corrected chi connectivity index (χ1v) is 10.3. The summed E-state index contributed by atoms with van der Waals surface area (Å²) in [6, 6.07) is 9.65. The van der Waals surface area contributed by atoms with Gasteiger partial charge in [-0.15, -0.1) is 0 Å². The molecule has 0 radical (unpaired) electrons. The van der Waals surface area contributed by atoms with Gasteiger partial charge in [-0.25, -0.2) is 4.79 Å². The van der Waals surface area contributed by atoms with E-state index in [0.717, 1.165) is 45.2 Å². The van der Waals surface area contributed by atoms with Crippen molar-refractivity contribution in [2.45, 2.75) is 58.1 Å². The number of hydrogen-bond donors (Lipinski definition) is 0. The van der Waals surface area contributed by atoms with Crippen LogP contribution in [0.2, 0.25) is 0 Å². The summed E-state index contributed by atoms with van der Waals surface area (Å²) in [5.41, 5.74) is 0.597. The smallest absolute Gasteiger partial charge is 0.338 e. The molecule has 1 saturated carbocycles. The van der Waals surface area contributed by atoms with Crippen LogP contribution in [0.3, 0.4) is 0 Å². The lowest BCUT2D eigenvalue weighted by molar-refractivity contribution is -0.153. The van der Waals surface area contributed by atoms with E-state index in [1.165, 1.54) is 0 Å². The molecule has 1 heterocycles. The Kier molecular flexibility index (Phi) is 6.89. The van der Waals surface area contributed by atoms with Gasteiger partial charge in [0.2, 0.25) is 0 Å². The molecule has 1 saturated heterocycles. The standard InChI is InChI=1S/C22H31NO4/c1-3-12-23-15-18(21(24)26-4-2)13-17-14-19(10-11-20(17)23)27-22(25)16-8-6-5-7-9-16/h5-9,17-20H,3-4,10-15H2,1-2H3. The molecule has 0 amide bonds. The molecular formula is C22H31NO4. The predicted molar refractivity (Wildman–Crippen MR) is 103 cm³/mol. The van der Waals surface area contributed by atoms with Crippen LogP contribution >= 0.6 is 0 Å². The highest BCUT2D eigenvalue weighted by Crippen LogP contribution is 2.39. The predicted octanol–water partition coefficient (Wildman–Crippen LogP) is 3.68. The van der Waals surface area contributed by atoms with Crippen molar-refractivity contribution in [1.29, 1.82) is 0 Å².